The third kappa shape index (κ3) is 2.02. The molecule has 0 N–H and O–H groups in total. The zero-order chi connectivity index (χ0) is 15.3. The lowest BCUT2D eigenvalue weighted by molar-refractivity contribution is -0.130. The lowest BCUT2D eigenvalue weighted by atomic mass is 9.92. The minimum Gasteiger partial charge on any atom is -0.308 e. The fourth-order valence-corrected chi connectivity index (χ4v) is 4.01. The number of carbonyl (C=O) groups excluding carboxylic acids is 2. The number of amides is 3. The molecule has 1 saturated carbocycles. The van der Waals surface area contributed by atoms with Gasteiger partial charge in [0.05, 0.1) is 0 Å². The second-order valence-electron chi connectivity index (χ2n) is 6.53. The highest BCUT2D eigenvalue weighted by Crippen LogP contribution is 2.34. The highest BCUT2D eigenvalue weighted by molar-refractivity contribution is 6.05. The maximum Gasteiger partial charge on any atom is 0.328 e. The van der Waals surface area contributed by atoms with E-state index in [4.69, 9.17) is 0 Å². The number of hydrogen-bond acceptors (Lipinski definition) is 2. The van der Waals surface area contributed by atoms with Crippen LogP contribution in [0.3, 0.4) is 0 Å². The van der Waals surface area contributed by atoms with Crippen LogP contribution in [0.5, 0.6) is 0 Å². The van der Waals surface area contributed by atoms with Gasteiger partial charge in [-0.05, 0) is 36.8 Å². The van der Waals surface area contributed by atoms with Crippen LogP contribution >= 0.6 is 0 Å². The van der Waals surface area contributed by atoms with Crippen LogP contribution in [-0.4, -0.2) is 40.0 Å². The van der Waals surface area contributed by atoms with Crippen molar-refractivity contribution >= 4 is 11.9 Å². The average Bonchev–Trinajstić information content (AvgIpc) is 2.76. The summed E-state index contributed by atoms with van der Waals surface area (Å²) in [4.78, 5) is 28.4. The smallest absolute Gasteiger partial charge is 0.308 e. The summed E-state index contributed by atoms with van der Waals surface area (Å²) < 4.78 is 13.7. The van der Waals surface area contributed by atoms with Crippen LogP contribution in [-0.2, 0) is 17.8 Å². The summed E-state index contributed by atoms with van der Waals surface area (Å²) in [7, 11) is 0. The number of urea groups is 1. The van der Waals surface area contributed by atoms with Crippen molar-refractivity contribution in [3.8, 4) is 0 Å². The Morgan fingerprint density at radius 2 is 1.86 bits per heavy atom. The summed E-state index contributed by atoms with van der Waals surface area (Å²) in [6.07, 6.45) is 1.99. The molecular formula is C17H19FN2O2. The minimum atomic E-state index is -0.894. The molecule has 1 saturated heterocycles. The van der Waals surface area contributed by atoms with Crippen molar-refractivity contribution in [1.82, 2.24) is 9.80 Å². The number of nitrogens with zero attached hydrogens (tertiary/aromatic N) is 2. The van der Waals surface area contributed by atoms with Gasteiger partial charge in [0.2, 0.25) is 0 Å². The summed E-state index contributed by atoms with van der Waals surface area (Å²) in [6.45, 7) is 0.480. The van der Waals surface area contributed by atoms with Gasteiger partial charge in [0.25, 0.3) is 5.91 Å². The fraction of sp³-hybridized carbons (Fsp3) is 0.529. The van der Waals surface area contributed by atoms with E-state index in [0.717, 1.165) is 24.0 Å². The van der Waals surface area contributed by atoms with Crippen molar-refractivity contribution in [2.75, 3.05) is 0 Å². The van der Waals surface area contributed by atoms with Gasteiger partial charge in [-0.1, -0.05) is 24.3 Å². The fourth-order valence-electron chi connectivity index (χ4n) is 4.01. The van der Waals surface area contributed by atoms with E-state index in [9.17, 15) is 14.0 Å². The number of halogens is 1. The van der Waals surface area contributed by atoms with Gasteiger partial charge in [-0.2, -0.15) is 0 Å². The van der Waals surface area contributed by atoms with E-state index < -0.39 is 12.2 Å². The maximum absolute atomic E-state index is 13.7. The number of rotatable bonds is 1. The van der Waals surface area contributed by atoms with Gasteiger partial charge >= 0.3 is 6.03 Å². The summed E-state index contributed by atoms with van der Waals surface area (Å²) in [5.41, 5.74) is 2.24. The van der Waals surface area contributed by atoms with E-state index in [-0.39, 0.29) is 18.0 Å². The van der Waals surface area contributed by atoms with Crippen molar-refractivity contribution in [2.24, 2.45) is 0 Å². The van der Waals surface area contributed by atoms with Gasteiger partial charge in [-0.25, -0.2) is 9.18 Å². The van der Waals surface area contributed by atoms with Gasteiger partial charge < -0.3 is 4.90 Å². The largest absolute Gasteiger partial charge is 0.328 e. The summed E-state index contributed by atoms with van der Waals surface area (Å²) >= 11 is 0. The number of benzene rings is 1. The molecule has 0 aromatic heterocycles. The van der Waals surface area contributed by atoms with Gasteiger partial charge in [0.15, 0.2) is 0 Å². The molecule has 5 heteroatoms. The number of hydrogen-bond donors (Lipinski definition) is 0. The van der Waals surface area contributed by atoms with Gasteiger partial charge in [0.1, 0.15) is 12.2 Å². The molecule has 1 aliphatic carbocycles. The minimum absolute atomic E-state index is 0.140. The van der Waals surface area contributed by atoms with Crippen molar-refractivity contribution < 1.29 is 14.0 Å². The highest BCUT2D eigenvalue weighted by atomic mass is 19.1. The van der Waals surface area contributed by atoms with Gasteiger partial charge in [-0.3, -0.25) is 9.69 Å². The molecule has 3 aliphatic rings. The first-order valence-electron chi connectivity index (χ1n) is 7.99. The molecule has 0 spiro atoms. The van der Waals surface area contributed by atoms with Crippen LogP contribution < -0.4 is 0 Å². The first-order valence-corrected chi connectivity index (χ1v) is 7.99. The van der Waals surface area contributed by atoms with Crippen molar-refractivity contribution in [3.05, 3.63) is 35.4 Å². The van der Waals surface area contributed by atoms with Gasteiger partial charge in [-0.15, -0.1) is 0 Å². The molecule has 4 nitrogen and oxygen atoms in total. The first-order chi connectivity index (χ1) is 10.6. The molecule has 0 radical (unpaired) electrons. The molecular weight excluding hydrogens is 283 g/mol. The highest BCUT2D eigenvalue weighted by Gasteiger charge is 2.50. The molecule has 22 heavy (non-hydrogen) atoms. The monoisotopic (exact) mass is 302 g/mol. The Morgan fingerprint density at radius 3 is 2.64 bits per heavy atom. The number of fused-ring (bicyclic) bond motifs is 2. The lowest BCUT2D eigenvalue weighted by Crippen LogP contribution is -2.44. The molecule has 116 valence electrons. The zero-order valence-corrected chi connectivity index (χ0v) is 12.4. The van der Waals surface area contributed by atoms with E-state index in [1.807, 2.05) is 24.3 Å². The van der Waals surface area contributed by atoms with Gasteiger partial charge in [0, 0.05) is 19.0 Å². The third-order valence-corrected chi connectivity index (χ3v) is 5.17. The normalized spacial score (nSPS) is 31.2. The average molecular weight is 302 g/mol. The van der Waals surface area contributed by atoms with Crippen LogP contribution in [0.15, 0.2) is 24.3 Å². The molecule has 3 amide bonds. The predicted molar refractivity (Wildman–Crippen MR) is 78.9 cm³/mol. The Kier molecular flexibility index (Phi) is 3.17. The van der Waals surface area contributed by atoms with Crippen molar-refractivity contribution in [2.45, 2.75) is 56.9 Å². The summed E-state index contributed by atoms with van der Waals surface area (Å²) in [5.74, 6) is -0.140. The first kappa shape index (κ1) is 13.7. The Labute approximate surface area is 128 Å². The molecule has 2 heterocycles. The predicted octanol–water partition coefficient (Wildman–Crippen LogP) is 2.66. The van der Waals surface area contributed by atoms with Crippen LogP contribution in [0.4, 0.5) is 9.18 Å². The summed E-state index contributed by atoms with van der Waals surface area (Å²) in [6, 6.07) is 7.04. The molecule has 2 fully saturated rings. The van der Waals surface area contributed by atoms with E-state index in [1.165, 1.54) is 4.90 Å². The van der Waals surface area contributed by atoms with E-state index >= 15 is 0 Å². The second-order valence-corrected chi connectivity index (χ2v) is 6.53. The number of alkyl halides is 1. The van der Waals surface area contributed by atoms with E-state index in [2.05, 4.69) is 0 Å². The quantitative estimate of drug-likeness (QED) is 0.748. The topological polar surface area (TPSA) is 40.6 Å². The Bertz CT molecular complexity index is 590. The maximum atomic E-state index is 13.7. The van der Waals surface area contributed by atoms with E-state index in [0.29, 0.717) is 25.8 Å². The molecule has 2 aliphatic heterocycles. The molecule has 4 rings (SSSR count). The molecule has 1 aromatic rings. The molecule has 3 atom stereocenters. The lowest BCUT2D eigenvalue weighted by Gasteiger charge is -2.31. The standard InChI is InChI=1S/C17H19FN2O2/c18-13-6-3-7-14(9-13)20-16(21)15-8-11-4-1-2-5-12(11)10-19(15)17(20)22/h1-2,4-5,13-15H,3,6-10H2. The summed E-state index contributed by atoms with van der Waals surface area (Å²) in [5, 5.41) is 0. The number of imide groups is 1. The van der Waals surface area contributed by atoms with Crippen molar-refractivity contribution in [3.63, 3.8) is 0 Å². The number of carbonyl (C=O) groups is 2. The Hall–Kier alpha value is -1.91. The Balaban J connectivity index is 1.61. The molecule has 1 aromatic carbocycles. The van der Waals surface area contributed by atoms with Crippen LogP contribution in [0, 0.1) is 0 Å². The molecule has 0 bridgehead atoms. The van der Waals surface area contributed by atoms with Crippen molar-refractivity contribution in [1.29, 1.82) is 0 Å². The second kappa shape index (κ2) is 5.07. The van der Waals surface area contributed by atoms with Crippen LogP contribution in [0.25, 0.3) is 0 Å². The van der Waals surface area contributed by atoms with Crippen LogP contribution in [0.2, 0.25) is 0 Å². The van der Waals surface area contributed by atoms with E-state index in [1.54, 1.807) is 4.90 Å². The molecule has 3 unspecified atom stereocenters. The Morgan fingerprint density at radius 1 is 1.09 bits per heavy atom. The SMILES string of the molecule is O=C1C2Cc3ccccc3CN2C(=O)N1C1CCCC(F)C1. The van der Waals surface area contributed by atoms with Crippen LogP contribution in [0.1, 0.15) is 36.8 Å². The zero-order valence-electron chi connectivity index (χ0n) is 12.4. The third-order valence-electron chi connectivity index (χ3n) is 5.17.